The number of hydrogen-bond donors (Lipinski definition) is 2. The molecule has 146 valence electrons. The Labute approximate surface area is 161 Å². The number of benzene rings is 1. The van der Waals surface area contributed by atoms with Crippen molar-refractivity contribution in [3.8, 4) is 0 Å². The van der Waals surface area contributed by atoms with Crippen LogP contribution in [-0.2, 0) is 18.9 Å². The highest BCUT2D eigenvalue weighted by molar-refractivity contribution is 5.80. The number of halogens is 1. The maximum Gasteiger partial charge on any atom is 0.191 e. The average molecular weight is 372 g/mol. The molecule has 5 nitrogen and oxygen atoms in total. The smallest absolute Gasteiger partial charge is 0.191 e. The Hall–Kier alpha value is -2.37. The molecule has 0 bridgehead atoms. The predicted molar refractivity (Wildman–Crippen MR) is 108 cm³/mol. The Balaban J connectivity index is 1.57. The zero-order valence-corrected chi connectivity index (χ0v) is 16.9. The third kappa shape index (κ3) is 4.31. The summed E-state index contributed by atoms with van der Waals surface area (Å²) < 4.78 is 15.1. The first-order valence-electron chi connectivity index (χ1n) is 9.57. The van der Waals surface area contributed by atoms with Crippen molar-refractivity contribution in [3.63, 3.8) is 0 Å². The van der Waals surface area contributed by atoms with Crippen LogP contribution in [0.1, 0.15) is 42.3 Å². The molecule has 1 unspecified atom stereocenters. The summed E-state index contributed by atoms with van der Waals surface area (Å²) in [7, 11) is 3.77. The summed E-state index contributed by atoms with van der Waals surface area (Å²) in [5.74, 6) is 0.616. The van der Waals surface area contributed by atoms with Gasteiger partial charge in [-0.1, -0.05) is 12.1 Å². The number of hydrogen-bond acceptors (Lipinski definition) is 2. The summed E-state index contributed by atoms with van der Waals surface area (Å²) in [4.78, 5) is 4.37. The lowest BCUT2D eigenvalue weighted by atomic mass is 9.96. The van der Waals surface area contributed by atoms with Crippen LogP contribution >= 0.6 is 0 Å². The Morgan fingerprint density at radius 2 is 1.96 bits per heavy atom. The van der Waals surface area contributed by atoms with Gasteiger partial charge in [0, 0.05) is 37.8 Å². The van der Waals surface area contributed by atoms with Gasteiger partial charge in [-0.05, 0) is 63.3 Å². The van der Waals surface area contributed by atoms with Gasteiger partial charge in [-0.2, -0.15) is 5.10 Å². The summed E-state index contributed by atoms with van der Waals surface area (Å²) in [5, 5.41) is 11.4. The van der Waals surface area contributed by atoms with Crippen LogP contribution in [0.25, 0.3) is 0 Å². The van der Waals surface area contributed by atoms with Crippen molar-refractivity contribution >= 4 is 5.96 Å². The quantitative estimate of drug-likeness (QED) is 0.606. The lowest BCUT2D eigenvalue weighted by molar-refractivity contribution is 0.602. The Morgan fingerprint density at radius 1 is 1.30 bits per heavy atom. The zero-order chi connectivity index (χ0) is 19.6. The minimum absolute atomic E-state index is 0.102. The fourth-order valence-corrected chi connectivity index (χ4v) is 3.67. The summed E-state index contributed by atoms with van der Waals surface area (Å²) in [5.41, 5.74) is 4.88. The normalized spacial score (nSPS) is 16.9. The molecule has 0 amide bonds. The molecule has 27 heavy (non-hydrogen) atoms. The van der Waals surface area contributed by atoms with E-state index in [2.05, 4.69) is 41.5 Å². The van der Waals surface area contributed by atoms with Gasteiger partial charge in [-0.3, -0.25) is 9.67 Å². The maximum atomic E-state index is 13.2. The van der Waals surface area contributed by atoms with Gasteiger partial charge < -0.3 is 10.6 Å². The molecule has 2 aromatic rings. The lowest BCUT2D eigenvalue weighted by Crippen LogP contribution is -2.45. The standard InChI is InChI=1S/C21H30FN5/c1-14(12-19-15(2)26-27(5)16(19)3)25-20(23-4)24-13-21(10-11-21)17-6-8-18(22)9-7-17/h6-9,14H,10-13H2,1-5H3,(H2,23,24,25). The number of aliphatic imine (C=N–C) groups is 1. The van der Waals surface area contributed by atoms with Crippen molar-refractivity contribution in [1.82, 2.24) is 20.4 Å². The first-order chi connectivity index (χ1) is 12.8. The number of aryl methyl sites for hydroxylation is 2. The molecule has 6 heteroatoms. The Bertz CT molecular complexity index is 818. The molecule has 0 aliphatic heterocycles. The first kappa shape index (κ1) is 19.4. The molecule has 2 N–H and O–H groups in total. The van der Waals surface area contributed by atoms with Gasteiger partial charge in [0.15, 0.2) is 5.96 Å². The van der Waals surface area contributed by atoms with Crippen molar-refractivity contribution < 1.29 is 4.39 Å². The first-order valence-corrected chi connectivity index (χ1v) is 9.57. The van der Waals surface area contributed by atoms with Crippen LogP contribution in [-0.4, -0.2) is 35.4 Å². The SMILES string of the molecule is CN=C(NCC1(c2ccc(F)cc2)CC1)NC(C)Cc1c(C)nn(C)c1C. The lowest BCUT2D eigenvalue weighted by Gasteiger charge is -2.22. The predicted octanol–water partition coefficient (Wildman–Crippen LogP) is 3.00. The third-order valence-electron chi connectivity index (χ3n) is 5.68. The number of guanidine groups is 1. The van der Waals surface area contributed by atoms with E-state index in [1.165, 1.54) is 16.8 Å². The summed E-state index contributed by atoms with van der Waals surface area (Å²) in [6.07, 6.45) is 3.13. The van der Waals surface area contributed by atoms with Gasteiger partial charge in [-0.15, -0.1) is 0 Å². The molecule has 3 rings (SSSR count). The van der Waals surface area contributed by atoms with Gasteiger partial charge in [0.1, 0.15) is 5.82 Å². The maximum absolute atomic E-state index is 13.2. The molecule has 1 aliphatic carbocycles. The molecule has 1 atom stereocenters. The summed E-state index contributed by atoms with van der Waals surface area (Å²) >= 11 is 0. The van der Waals surface area contributed by atoms with E-state index in [9.17, 15) is 4.39 Å². The number of nitrogens with one attached hydrogen (secondary N) is 2. The number of rotatable bonds is 6. The van der Waals surface area contributed by atoms with E-state index >= 15 is 0 Å². The Morgan fingerprint density at radius 3 is 2.48 bits per heavy atom. The molecular formula is C21H30FN5. The fourth-order valence-electron chi connectivity index (χ4n) is 3.67. The van der Waals surface area contributed by atoms with E-state index in [0.29, 0.717) is 0 Å². The zero-order valence-electron chi connectivity index (χ0n) is 16.9. The number of nitrogens with zero attached hydrogens (tertiary/aromatic N) is 3. The third-order valence-corrected chi connectivity index (χ3v) is 5.68. The van der Waals surface area contributed by atoms with E-state index in [4.69, 9.17) is 0 Å². The van der Waals surface area contributed by atoms with Crippen molar-refractivity contribution in [2.24, 2.45) is 12.0 Å². The summed E-state index contributed by atoms with van der Waals surface area (Å²) in [6, 6.07) is 7.12. The fraction of sp³-hybridized carbons (Fsp3) is 0.524. The van der Waals surface area contributed by atoms with E-state index in [-0.39, 0.29) is 17.3 Å². The Kier molecular flexibility index (Phi) is 5.53. The molecule has 1 fully saturated rings. The molecule has 1 heterocycles. The second kappa shape index (κ2) is 7.71. The van der Waals surface area contributed by atoms with Crippen LogP contribution in [0.3, 0.4) is 0 Å². The van der Waals surface area contributed by atoms with Crippen LogP contribution in [0.5, 0.6) is 0 Å². The van der Waals surface area contributed by atoms with Crippen LogP contribution in [0.4, 0.5) is 4.39 Å². The van der Waals surface area contributed by atoms with Gasteiger partial charge in [-0.25, -0.2) is 4.39 Å². The van der Waals surface area contributed by atoms with Crippen LogP contribution in [0, 0.1) is 19.7 Å². The van der Waals surface area contributed by atoms with Crippen LogP contribution in [0.15, 0.2) is 29.3 Å². The van der Waals surface area contributed by atoms with Crippen molar-refractivity contribution in [2.75, 3.05) is 13.6 Å². The van der Waals surface area contributed by atoms with Gasteiger partial charge >= 0.3 is 0 Å². The second-order valence-corrected chi connectivity index (χ2v) is 7.74. The average Bonchev–Trinajstić information content (AvgIpc) is 3.39. The monoisotopic (exact) mass is 371 g/mol. The molecule has 1 aromatic heterocycles. The highest BCUT2D eigenvalue weighted by Crippen LogP contribution is 2.47. The molecule has 1 aromatic carbocycles. The molecule has 1 saturated carbocycles. The molecule has 1 aliphatic rings. The van der Waals surface area contributed by atoms with Crippen LogP contribution in [0.2, 0.25) is 0 Å². The highest BCUT2D eigenvalue weighted by atomic mass is 19.1. The van der Waals surface area contributed by atoms with Gasteiger partial charge in [0.05, 0.1) is 5.69 Å². The topological polar surface area (TPSA) is 54.2 Å². The van der Waals surface area contributed by atoms with E-state index in [0.717, 1.165) is 37.5 Å². The second-order valence-electron chi connectivity index (χ2n) is 7.74. The van der Waals surface area contributed by atoms with Crippen LogP contribution < -0.4 is 10.6 Å². The van der Waals surface area contributed by atoms with Gasteiger partial charge in [0.25, 0.3) is 0 Å². The van der Waals surface area contributed by atoms with Crippen molar-refractivity contribution in [3.05, 3.63) is 52.6 Å². The molecule has 0 spiro atoms. The van der Waals surface area contributed by atoms with E-state index in [1.54, 1.807) is 19.2 Å². The van der Waals surface area contributed by atoms with E-state index in [1.807, 2.05) is 23.9 Å². The molecule has 0 radical (unpaired) electrons. The summed E-state index contributed by atoms with van der Waals surface area (Å²) in [6.45, 7) is 7.12. The largest absolute Gasteiger partial charge is 0.356 e. The van der Waals surface area contributed by atoms with Gasteiger partial charge in [0.2, 0.25) is 0 Å². The minimum atomic E-state index is -0.185. The molecular weight excluding hydrogens is 341 g/mol. The van der Waals surface area contributed by atoms with Crippen molar-refractivity contribution in [1.29, 1.82) is 0 Å². The highest BCUT2D eigenvalue weighted by Gasteiger charge is 2.44. The van der Waals surface area contributed by atoms with E-state index < -0.39 is 0 Å². The number of aromatic nitrogens is 2. The van der Waals surface area contributed by atoms with Crippen molar-refractivity contribution in [2.45, 2.75) is 51.5 Å². The minimum Gasteiger partial charge on any atom is -0.356 e. The molecule has 0 saturated heterocycles.